The number of hydrogen-bond acceptors (Lipinski definition) is 1. The summed E-state index contributed by atoms with van der Waals surface area (Å²) in [6.07, 6.45) is 8.27. The zero-order chi connectivity index (χ0) is 9.32. The van der Waals surface area contributed by atoms with Gasteiger partial charge < -0.3 is 18.1 Å². The largest absolute Gasteiger partial charge is 1.00 e. The lowest BCUT2D eigenvalue weighted by atomic mass is 9.43. The van der Waals surface area contributed by atoms with Gasteiger partial charge in [-0.05, 0) is 55.3 Å². The van der Waals surface area contributed by atoms with Crippen molar-refractivity contribution in [3.8, 4) is 0 Å². The molecular formula is C12H21ClN-. The highest BCUT2D eigenvalue weighted by atomic mass is 35.5. The monoisotopic (exact) mass is 214 g/mol. The molecule has 14 heavy (non-hydrogen) atoms. The van der Waals surface area contributed by atoms with Gasteiger partial charge in [-0.25, -0.2) is 0 Å². The summed E-state index contributed by atoms with van der Waals surface area (Å²) in [6.45, 7) is 4.94. The van der Waals surface area contributed by atoms with Crippen LogP contribution in [-0.2, 0) is 0 Å². The van der Waals surface area contributed by atoms with Crippen LogP contribution < -0.4 is 18.1 Å². The second kappa shape index (κ2) is 2.68. The van der Waals surface area contributed by atoms with E-state index in [0.717, 1.165) is 5.92 Å². The molecule has 2 atom stereocenters. The fourth-order valence-corrected chi connectivity index (χ4v) is 5.54. The number of hydrogen-bond donors (Lipinski definition) is 1. The van der Waals surface area contributed by atoms with Crippen LogP contribution in [0.25, 0.3) is 0 Å². The third kappa shape index (κ3) is 1.40. The van der Waals surface area contributed by atoms with E-state index >= 15 is 0 Å². The molecule has 0 spiro atoms. The van der Waals surface area contributed by atoms with Crippen LogP contribution in [0.2, 0.25) is 0 Å². The van der Waals surface area contributed by atoms with Crippen molar-refractivity contribution in [3.63, 3.8) is 0 Å². The van der Waals surface area contributed by atoms with Gasteiger partial charge in [0.05, 0.1) is 0 Å². The van der Waals surface area contributed by atoms with Gasteiger partial charge in [-0.1, -0.05) is 13.8 Å². The zero-order valence-electron chi connectivity index (χ0n) is 9.28. The Morgan fingerprint density at radius 3 is 1.79 bits per heavy atom. The SMILES string of the molecule is CC12CC3CC(C)(C1)CC(N)(C3)C2.[Cl-]. The van der Waals surface area contributed by atoms with Crippen molar-refractivity contribution in [2.75, 3.05) is 0 Å². The molecule has 4 rings (SSSR count). The van der Waals surface area contributed by atoms with Gasteiger partial charge in [0.15, 0.2) is 0 Å². The molecule has 1 nitrogen and oxygen atoms in total. The molecule has 0 amide bonds. The Kier molecular flexibility index (Phi) is 2.06. The molecule has 0 heterocycles. The van der Waals surface area contributed by atoms with Gasteiger partial charge >= 0.3 is 0 Å². The van der Waals surface area contributed by atoms with Gasteiger partial charge in [0.2, 0.25) is 0 Å². The van der Waals surface area contributed by atoms with E-state index in [1.807, 2.05) is 0 Å². The van der Waals surface area contributed by atoms with Gasteiger partial charge in [0.1, 0.15) is 0 Å². The Hall–Kier alpha value is 0.250. The molecule has 2 N–H and O–H groups in total. The lowest BCUT2D eigenvalue weighted by Crippen LogP contribution is -3.00. The van der Waals surface area contributed by atoms with Crippen LogP contribution >= 0.6 is 0 Å². The number of rotatable bonds is 0. The standard InChI is InChI=1S/C12H21N.ClH/c1-10-3-9-4-11(2,6-10)8-12(13,5-9)7-10;/h9H,3-8,13H2,1-2H3;1H/p-1. The van der Waals surface area contributed by atoms with Crippen molar-refractivity contribution in [1.29, 1.82) is 0 Å². The minimum Gasteiger partial charge on any atom is -1.00 e. The summed E-state index contributed by atoms with van der Waals surface area (Å²) in [5.41, 5.74) is 7.92. The van der Waals surface area contributed by atoms with Gasteiger partial charge in [0, 0.05) is 5.54 Å². The van der Waals surface area contributed by atoms with Crippen LogP contribution in [0.5, 0.6) is 0 Å². The molecule has 2 heteroatoms. The molecule has 0 aliphatic heterocycles. The van der Waals surface area contributed by atoms with E-state index in [-0.39, 0.29) is 17.9 Å². The number of nitrogens with two attached hydrogens (primary N) is 1. The van der Waals surface area contributed by atoms with Crippen molar-refractivity contribution in [2.24, 2.45) is 22.5 Å². The molecule has 4 fully saturated rings. The highest BCUT2D eigenvalue weighted by Crippen LogP contribution is 2.65. The lowest BCUT2D eigenvalue weighted by Gasteiger charge is -2.64. The predicted octanol–water partition coefficient (Wildman–Crippen LogP) is -0.302. The average molecular weight is 215 g/mol. The minimum absolute atomic E-state index is 0. The van der Waals surface area contributed by atoms with E-state index in [2.05, 4.69) is 13.8 Å². The summed E-state index contributed by atoms with van der Waals surface area (Å²) in [4.78, 5) is 0. The first kappa shape index (κ1) is 10.8. The van der Waals surface area contributed by atoms with E-state index in [4.69, 9.17) is 5.73 Å². The summed E-state index contributed by atoms with van der Waals surface area (Å²) in [7, 11) is 0. The molecule has 4 aliphatic carbocycles. The second-order valence-electron chi connectivity index (χ2n) is 6.99. The van der Waals surface area contributed by atoms with Crippen molar-refractivity contribution < 1.29 is 12.4 Å². The molecule has 82 valence electrons. The van der Waals surface area contributed by atoms with E-state index in [1.54, 1.807) is 0 Å². The van der Waals surface area contributed by atoms with Crippen molar-refractivity contribution in [2.45, 2.75) is 57.9 Å². The lowest BCUT2D eigenvalue weighted by molar-refractivity contribution is -0.104. The van der Waals surface area contributed by atoms with Gasteiger partial charge in [-0.3, -0.25) is 0 Å². The molecular weight excluding hydrogens is 194 g/mol. The summed E-state index contributed by atoms with van der Waals surface area (Å²) in [6, 6.07) is 0. The fourth-order valence-electron chi connectivity index (χ4n) is 5.54. The third-order valence-electron chi connectivity index (χ3n) is 4.67. The molecule has 0 radical (unpaired) electrons. The second-order valence-corrected chi connectivity index (χ2v) is 6.99. The maximum atomic E-state index is 6.49. The molecule has 2 unspecified atom stereocenters. The molecule has 0 aromatic heterocycles. The molecule has 0 aromatic rings. The zero-order valence-corrected chi connectivity index (χ0v) is 10.0. The Morgan fingerprint density at radius 1 is 0.929 bits per heavy atom. The number of halogens is 1. The van der Waals surface area contributed by atoms with Crippen LogP contribution in [-0.4, -0.2) is 5.54 Å². The van der Waals surface area contributed by atoms with Crippen LogP contribution in [0.4, 0.5) is 0 Å². The van der Waals surface area contributed by atoms with E-state index in [0.29, 0.717) is 10.8 Å². The Bertz CT molecular complexity index is 212. The van der Waals surface area contributed by atoms with Crippen LogP contribution in [0.1, 0.15) is 52.4 Å². The van der Waals surface area contributed by atoms with Crippen LogP contribution in [0.3, 0.4) is 0 Å². The van der Waals surface area contributed by atoms with E-state index in [1.165, 1.54) is 38.5 Å². The maximum Gasteiger partial charge on any atom is 0.0167 e. The summed E-state index contributed by atoms with van der Waals surface area (Å²) in [5.74, 6) is 0.955. The van der Waals surface area contributed by atoms with E-state index in [9.17, 15) is 0 Å². The first-order valence-corrected chi connectivity index (χ1v) is 5.70. The topological polar surface area (TPSA) is 26.0 Å². The maximum absolute atomic E-state index is 6.49. The highest BCUT2D eigenvalue weighted by molar-refractivity contribution is 5.12. The fraction of sp³-hybridized carbons (Fsp3) is 1.00. The predicted molar refractivity (Wildman–Crippen MR) is 54.3 cm³/mol. The van der Waals surface area contributed by atoms with Crippen LogP contribution in [0, 0.1) is 16.7 Å². The Morgan fingerprint density at radius 2 is 1.43 bits per heavy atom. The first-order chi connectivity index (χ1) is 5.91. The molecule has 0 saturated heterocycles. The van der Waals surface area contributed by atoms with Gasteiger partial charge in [-0.2, -0.15) is 0 Å². The van der Waals surface area contributed by atoms with E-state index < -0.39 is 0 Å². The van der Waals surface area contributed by atoms with Gasteiger partial charge in [-0.15, -0.1) is 0 Å². The van der Waals surface area contributed by atoms with Crippen molar-refractivity contribution in [3.05, 3.63) is 0 Å². The summed E-state index contributed by atoms with van der Waals surface area (Å²) >= 11 is 0. The first-order valence-electron chi connectivity index (χ1n) is 5.70. The molecule has 4 bridgehead atoms. The molecule has 4 saturated carbocycles. The van der Waals surface area contributed by atoms with Crippen molar-refractivity contribution >= 4 is 0 Å². The van der Waals surface area contributed by atoms with Crippen LogP contribution in [0.15, 0.2) is 0 Å². The normalized spacial score (nSPS) is 59.8. The van der Waals surface area contributed by atoms with Crippen molar-refractivity contribution in [1.82, 2.24) is 0 Å². The third-order valence-corrected chi connectivity index (χ3v) is 4.67. The summed E-state index contributed by atoms with van der Waals surface area (Å²) in [5, 5.41) is 0. The minimum atomic E-state index is 0. The average Bonchev–Trinajstić information content (AvgIpc) is 1.71. The summed E-state index contributed by atoms with van der Waals surface area (Å²) < 4.78 is 0. The Labute approximate surface area is 93.2 Å². The quantitative estimate of drug-likeness (QED) is 0.589. The smallest absolute Gasteiger partial charge is 0.0167 e. The molecule has 4 aliphatic rings. The highest BCUT2D eigenvalue weighted by Gasteiger charge is 2.58. The van der Waals surface area contributed by atoms with Gasteiger partial charge in [0.25, 0.3) is 0 Å². The molecule has 0 aromatic carbocycles. The Balaban J connectivity index is 0.000000750.